The molecule has 0 amide bonds. The highest BCUT2D eigenvalue weighted by atomic mass is 19.4. The smallest absolute Gasteiger partial charge is 0.338 e. The molecule has 3 aromatic heterocycles. The maximum Gasteiger partial charge on any atom is 0.435 e. The number of nitrogens with one attached hydrogen (secondary N) is 1. The number of aromatic amines is 1. The summed E-state index contributed by atoms with van der Waals surface area (Å²) < 4.78 is 67.4. The number of benzene rings is 1. The first-order chi connectivity index (χ1) is 12.7. The summed E-state index contributed by atoms with van der Waals surface area (Å²) in [6.07, 6.45) is -3.32. The molecule has 0 saturated heterocycles. The molecule has 0 aliphatic rings. The molecule has 0 atom stereocenters. The molecular weight excluding hydrogens is 369 g/mol. The summed E-state index contributed by atoms with van der Waals surface area (Å²) in [6, 6.07) is 5.72. The van der Waals surface area contributed by atoms with Gasteiger partial charge in [-0.15, -0.1) is 0 Å². The van der Waals surface area contributed by atoms with Crippen molar-refractivity contribution in [1.29, 1.82) is 0 Å². The second-order valence-electron chi connectivity index (χ2n) is 5.80. The molecule has 0 aliphatic heterocycles. The monoisotopic (exact) mass is 379 g/mol. The van der Waals surface area contributed by atoms with Crippen molar-refractivity contribution >= 4 is 11.2 Å². The van der Waals surface area contributed by atoms with Crippen molar-refractivity contribution in [3.63, 3.8) is 0 Å². The van der Waals surface area contributed by atoms with E-state index < -0.39 is 23.5 Å². The van der Waals surface area contributed by atoms with Crippen molar-refractivity contribution in [3.8, 4) is 22.6 Å². The number of alkyl halides is 3. The van der Waals surface area contributed by atoms with Crippen molar-refractivity contribution < 1.29 is 22.0 Å². The van der Waals surface area contributed by atoms with Gasteiger partial charge in [-0.25, -0.2) is 18.7 Å². The van der Waals surface area contributed by atoms with Crippen molar-refractivity contribution in [2.45, 2.75) is 6.18 Å². The highest BCUT2D eigenvalue weighted by Crippen LogP contribution is 2.32. The lowest BCUT2D eigenvalue weighted by Crippen LogP contribution is -2.06. The largest absolute Gasteiger partial charge is 0.435 e. The van der Waals surface area contributed by atoms with Gasteiger partial charge in [-0.3, -0.25) is 4.68 Å². The zero-order chi connectivity index (χ0) is 19.3. The second-order valence-corrected chi connectivity index (χ2v) is 5.80. The molecule has 0 aliphatic carbocycles. The Morgan fingerprint density at radius 2 is 1.78 bits per heavy atom. The highest BCUT2D eigenvalue weighted by Gasteiger charge is 2.35. The lowest BCUT2D eigenvalue weighted by Gasteiger charge is -2.01. The van der Waals surface area contributed by atoms with E-state index in [1.807, 2.05) is 0 Å². The zero-order valence-electron chi connectivity index (χ0n) is 13.6. The van der Waals surface area contributed by atoms with Gasteiger partial charge in [0.25, 0.3) is 0 Å². The van der Waals surface area contributed by atoms with Gasteiger partial charge in [0.1, 0.15) is 22.8 Å². The summed E-state index contributed by atoms with van der Waals surface area (Å²) in [5.41, 5.74) is -0.443. The Balaban J connectivity index is 1.82. The average Bonchev–Trinajstić information content (AvgIpc) is 3.17. The van der Waals surface area contributed by atoms with Crippen LogP contribution < -0.4 is 0 Å². The summed E-state index contributed by atoms with van der Waals surface area (Å²) in [4.78, 5) is 11.1. The molecule has 0 spiro atoms. The van der Waals surface area contributed by atoms with E-state index in [-0.39, 0.29) is 33.8 Å². The van der Waals surface area contributed by atoms with Crippen LogP contribution in [0.1, 0.15) is 5.69 Å². The van der Waals surface area contributed by atoms with Crippen LogP contribution in [-0.4, -0.2) is 24.7 Å². The van der Waals surface area contributed by atoms with E-state index in [2.05, 4.69) is 20.1 Å². The van der Waals surface area contributed by atoms with Crippen molar-refractivity contribution in [1.82, 2.24) is 24.7 Å². The molecular formula is C17H10F5N5. The lowest BCUT2D eigenvalue weighted by atomic mass is 10.1. The minimum atomic E-state index is -4.59. The molecule has 4 rings (SSSR count). The first-order valence-corrected chi connectivity index (χ1v) is 7.66. The molecule has 1 aromatic carbocycles. The van der Waals surface area contributed by atoms with Crippen molar-refractivity contribution in [3.05, 3.63) is 53.9 Å². The summed E-state index contributed by atoms with van der Waals surface area (Å²) in [7, 11) is 1.35. The number of hydrogen-bond donors (Lipinski definition) is 1. The second kappa shape index (κ2) is 5.86. The number of H-pyrrole nitrogens is 1. The van der Waals surface area contributed by atoms with E-state index in [1.54, 1.807) is 0 Å². The summed E-state index contributed by atoms with van der Waals surface area (Å²) in [5.74, 6) is -1.52. The topological polar surface area (TPSA) is 59.4 Å². The highest BCUT2D eigenvalue weighted by molar-refractivity contribution is 5.81. The maximum absolute atomic E-state index is 14.0. The Kier molecular flexibility index (Phi) is 3.72. The van der Waals surface area contributed by atoms with Crippen LogP contribution >= 0.6 is 0 Å². The van der Waals surface area contributed by atoms with E-state index in [0.29, 0.717) is 0 Å². The van der Waals surface area contributed by atoms with E-state index in [0.717, 1.165) is 22.9 Å². The number of nitrogens with zero attached hydrogens (tertiary/aromatic N) is 4. The summed E-state index contributed by atoms with van der Waals surface area (Å²) in [6.45, 7) is 0. The number of rotatable bonds is 2. The minimum Gasteiger partial charge on any atom is -0.338 e. The van der Waals surface area contributed by atoms with E-state index in [4.69, 9.17) is 0 Å². The van der Waals surface area contributed by atoms with Crippen LogP contribution in [0.2, 0.25) is 0 Å². The molecule has 5 nitrogen and oxygen atoms in total. The van der Waals surface area contributed by atoms with Gasteiger partial charge in [0.05, 0.1) is 23.1 Å². The molecule has 27 heavy (non-hydrogen) atoms. The molecule has 0 fully saturated rings. The standard InChI is InChI=1S/C17H10F5N5/c1-27-13(6-14(26-27)17(20,21)22)12-7-23-16-11(24-12)5-10(25-16)15-8(18)3-2-4-9(15)19/h2-7H,1H3,(H,23,25). The first kappa shape index (κ1) is 17.1. The minimum absolute atomic E-state index is 0.108. The van der Waals surface area contributed by atoms with Crippen LogP contribution in [0.5, 0.6) is 0 Å². The predicted molar refractivity (Wildman–Crippen MR) is 86.4 cm³/mol. The average molecular weight is 379 g/mol. The number of aryl methyl sites for hydroxylation is 1. The fourth-order valence-corrected chi connectivity index (χ4v) is 2.76. The number of halogens is 5. The van der Waals surface area contributed by atoms with Gasteiger partial charge in [0.2, 0.25) is 0 Å². The van der Waals surface area contributed by atoms with Crippen molar-refractivity contribution in [2.75, 3.05) is 0 Å². The number of aromatic nitrogens is 5. The lowest BCUT2D eigenvalue weighted by molar-refractivity contribution is -0.141. The quantitative estimate of drug-likeness (QED) is 0.528. The predicted octanol–water partition coefficient (Wildman–Crippen LogP) is 4.32. The Labute approximate surface area is 148 Å². The van der Waals surface area contributed by atoms with E-state index in [1.165, 1.54) is 25.4 Å². The van der Waals surface area contributed by atoms with E-state index >= 15 is 0 Å². The van der Waals surface area contributed by atoms with Gasteiger partial charge in [-0.2, -0.15) is 18.3 Å². The molecule has 0 bridgehead atoms. The third kappa shape index (κ3) is 2.92. The fourth-order valence-electron chi connectivity index (χ4n) is 2.76. The van der Waals surface area contributed by atoms with Gasteiger partial charge >= 0.3 is 6.18 Å². The van der Waals surface area contributed by atoms with Crippen LogP contribution in [0.15, 0.2) is 36.5 Å². The van der Waals surface area contributed by atoms with Gasteiger partial charge in [0, 0.05) is 7.05 Å². The van der Waals surface area contributed by atoms with Crippen LogP contribution in [0.3, 0.4) is 0 Å². The molecule has 4 aromatic rings. The van der Waals surface area contributed by atoms with Crippen LogP contribution in [0.25, 0.3) is 33.8 Å². The third-order valence-electron chi connectivity index (χ3n) is 4.00. The number of fused-ring (bicyclic) bond motifs is 1. The van der Waals surface area contributed by atoms with Crippen LogP contribution in [0, 0.1) is 11.6 Å². The molecule has 3 heterocycles. The molecule has 10 heteroatoms. The molecule has 0 unspecified atom stereocenters. The van der Waals surface area contributed by atoms with Crippen LogP contribution in [-0.2, 0) is 13.2 Å². The summed E-state index contributed by atoms with van der Waals surface area (Å²) in [5, 5.41) is 3.43. The van der Waals surface area contributed by atoms with Gasteiger partial charge in [-0.05, 0) is 24.3 Å². The zero-order valence-corrected chi connectivity index (χ0v) is 13.6. The molecule has 1 N–H and O–H groups in total. The Bertz CT molecular complexity index is 1140. The molecule has 138 valence electrons. The molecule has 0 saturated carbocycles. The molecule has 0 radical (unpaired) electrons. The Morgan fingerprint density at radius 3 is 2.41 bits per heavy atom. The van der Waals surface area contributed by atoms with Gasteiger partial charge < -0.3 is 4.98 Å². The maximum atomic E-state index is 14.0. The summed E-state index contributed by atoms with van der Waals surface area (Å²) >= 11 is 0. The number of hydrogen-bond acceptors (Lipinski definition) is 3. The normalized spacial score (nSPS) is 12.1. The van der Waals surface area contributed by atoms with Gasteiger partial charge in [-0.1, -0.05) is 6.07 Å². The van der Waals surface area contributed by atoms with Crippen LogP contribution in [0.4, 0.5) is 22.0 Å². The first-order valence-electron chi connectivity index (χ1n) is 7.66. The Morgan fingerprint density at radius 1 is 1.07 bits per heavy atom. The van der Waals surface area contributed by atoms with Crippen molar-refractivity contribution in [2.24, 2.45) is 7.05 Å². The Hall–Kier alpha value is -3.30. The van der Waals surface area contributed by atoms with Gasteiger partial charge in [0.15, 0.2) is 11.3 Å². The fraction of sp³-hybridized carbons (Fsp3) is 0.118. The van der Waals surface area contributed by atoms with E-state index in [9.17, 15) is 22.0 Å². The SMILES string of the molecule is Cn1nc(C(F)(F)F)cc1-c1cnc2[nH]c(-c3c(F)cccc3F)cc2n1. The third-order valence-corrected chi connectivity index (χ3v) is 4.00.